The highest BCUT2D eigenvalue weighted by Crippen LogP contribution is 2.18. The van der Waals surface area contributed by atoms with Gasteiger partial charge in [0, 0.05) is 11.9 Å². The van der Waals surface area contributed by atoms with Crippen molar-refractivity contribution < 1.29 is 8.42 Å². The van der Waals surface area contributed by atoms with Crippen molar-refractivity contribution >= 4 is 27.0 Å². The molecule has 0 saturated carbocycles. The summed E-state index contributed by atoms with van der Waals surface area (Å²) in [5.74, 6) is 0. The molecule has 1 aromatic carbocycles. The molecule has 0 aliphatic heterocycles. The molecule has 0 aliphatic rings. The van der Waals surface area contributed by atoms with Crippen LogP contribution in [0.4, 0.5) is 5.69 Å². The highest BCUT2D eigenvalue weighted by atomic mass is 32.2. The molecule has 0 saturated heterocycles. The highest BCUT2D eigenvalue weighted by molar-refractivity contribution is 7.92. The minimum Gasteiger partial charge on any atom is -0.313 e. The van der Waals surface area contributed by atoms with Crippen LogP contribution in [0.25, 0.3) is 0 Å². The van der Waals surface area contributed by atoms with Gasteiger partial charge in [-0.25, -0.2) is 8.42 Å². The van der Waals surface area contributed by atoms with Crippen LogP contribution in [-0.2, 0) is 16.6 Å². The lowest BCUT2D eigenvalue weighted by molar-refractivity contribution is 0.601. The minimum atomic E-state index is -3.48. The van der Waals surface area contributed by atoms with Crippen LogP contribution >= 0.6 is 11.3 Å². The van der Waals surface area contributed by atoms with Crippen LogP contribution in [-0.4, -0.2) is 15.0 Å². The zero-order valence-electron chi connectivity index (χ0n) is 10.6. The van der Waals surface area contributed by atoms with Gasteiger partial charge >= 0.3 is 0 Å². The lowest BCUT2D eigenvalue weighted by Crippen LogP contribution is -2.14. The average molecular weight is 296 g/mol. The van der Waals surface area contributed by atoms with Crippen LogP contribution < -0.4 is 10.0 Å². The van der Waals surface area contributed by atoms with Gasteiger partial charge in [0.2, 0.25) is 0 Å². The molecule has 19 heavy (non-hydrogen) atoms. The fraction of sp³-hybridized carbons (Fsp3) is 0.231. The van der Waals surface area contributed by atoms with Crippen molar-refractivity contribution in [2.75, 3.05) is 11.3 Å². The quantitative estimate of drug-likeness (QED) is 0.861. The predicted octanol–water partition coefficient (Wildman–Crippen LogP) is 2.66. The molecule has 0 bridgehead atoms. The van der Waals surface area contributed by atoms with Gasteiger partial charge < -0.3 is 5.32 Å². The Morgan fingerprint density at radius 2 is 1.89 bits per heavy atom. The lowest BCUT2D eigenvalue weighted by atomic mass is 10.2. The summed E-state index contributed by atoms with van der Waals surface area (Å²) in [5, 5.41) is 6.79. The van der Waals surface area contributed by atoms with Crippen LogP contribution in [0.3, 0.4) is 0 Å². The normalized spacial score (nSPS) is 11.4. The van der Waals surface area contributed by atoms with Crippen LogP contribution in [0.1, 0.15) is 12.5 Å². The van der Waals surface area contributed by atoms with E-state index in [4.69, 9.17) is 0 Å². The van der Waals surface area contributed by atoms with Crippen molar-refractivity contribution in [3.8, 4) is 0 Å². The van der Waals surface area contributed by atoms with Crippen molar-refractivity contribution in [3.05, 3.63) is 46.7 Å². The zero-order valence-corrected chi connectivity index (χ0v) is 12.2. The van der Waals surface area contributed by atoms with Gasteiger partial charge in [0.25, 0.3) is 10.0 Å². The largest absolute Gasteiger partial charge is 0.313 e. The first kappa shape index (κ1) is 14.0. The van der Waals surface area contributed by atoms with Crippen molar-refractivity contribution in [2.24, 2.45) is 0 Å². The number of hydrogen-bond donors (Lipinski definition) is 2. The van der Waals surface area contributed by atoms with Crippen LogP contribution in [0.5, 0.6) is 0 Å². The van der Waals surface area contributed by atoms with Gasteiger partial charge in [0.1, 0.15) is 0 Å². The van der Waals surface area contributed by atoms with Crippen molar-refractivity contribution in [1.82, 2.24) is 5.32 Å². The van der Waals surface area contributed by atoms with Gasteiger partial charge in [-0.2, -0.15) is 11.3 Å². The maximum atomic E-state index is 12.1. The predicted molar refractivity (Wildman–Crippen MR) is 79.0 cm³/mol. The summed E-state index contributed by atoms with van der Waals surface area (Å²) >= 11 is 1.45. The molecule has 2 aromatic rings. The van der Waals surface area contributed by atoms with E-state index < -0.39 is 10.0 Å². The SMILES string of the molecule is CCNCc1ccc(S(=O)(=O)Nc2ccsc2)cc1. The molecule has 2 rings (SSSR count). The molecule has 1 heterocycles. The van der Waals surface area contributed by atoms with E-state index in [1.165, 1.54) is 11.3 Å². The van der Waals surface area contributed by atoms with E-state index >= 15 is 0 Å². The Labute approximate surface area is 117 Å². The maximum absolute atomic E-state index is 12.1. The summed E-state index contributed by atoms with van der Waals surface area (Å²) in [7, 11) is -3.48. The summed E-state index contributed by atoms with van der Waals surface area (Å²) in [4.78, 5) is 0.277. The molecular formula is C13H16N2O2S2. The Bertz CT molecular complexity index is 605. The van der Waals surface area contributed by atoms with Gasteiger partial charge in [-0.15, -0.1) is 0 Å². The number of hydrogen-bond acceptors (Lipinski definition) is 4. The molecule has 0 amide bonds. The van der Waals surface area contributed by atoms with E-state index in [2.05, 4.69) is 10.0 Å². The van der Waals surface area contributed by atoms with E-state index in [1.807, 2.05) is 24.4 Å². The lowest BCUT2D eigenvalue weighted by Gasteiger charge is -2.07. The second kappa shape index (κ2) is 6.18. The highest BCUT2D eigenvalue weighted by Gasteiger charge is 2.13. The third-order valence-electron chi connectivity index (χ3n) is 2.59. The average Bonchev–Trinajstić information content (AvgIpc) is 2.89. The number of thiophene rings is 1. The van der Waals surface area contributed by atoms with Crippen molar-refractivity contribution in [2.45, 2.75) is 18.4 Å². The second-order valence-electron chi connectivity index (χ2n) is 4.04. The molecule has 1 aromatic heterocycles. The summed E-state index contributed by atoms with van der Waals surface area (Å²) in [6.07, 6.45) is 0. The third-order valence-corrected chi connectivity index (χ3v) is 4.67. The number of anilines is 1. The minimum absolute atomic E-state index is 0.277. The Morgan fingerprint density at radius 1 is 1.16 bits per heavy atom. The van der Waals surface area contributed by atoms with E-state index in [-0.39, 0.29) is 4.90 Å². The second-order valence-corrected chi connectivity index (χ2v) is 6.50. The number of nitrogens with one attached hydrogen (secondary N) is 2. The monoisotopic (exact) mass is 296 g/mol. The topological polar surface area (TPSA) is 58.2 Å². The smallest absolute Gasteiger partial charge is 0.261 e. The first-order valence-corrected chi connectivity index (χ1v) is 8.39. The molecular weight excluding hydrogens is 280 g/mol. The molecule has 0 unspecified atom stereocenters. The Hall–Kier alpha value is -1.37. The first-order chi connectivity index (χ1) is 9.12. The van der Waals surface area contributed by atoms with Crippen LogP contribution in [0.2, 0.25) is 0 Å². The summed E-state index contributed by atoms with van der Waals surface area (Å²) in [5.41, 5.74) is 1.66. The van der Waals surface area contributed by atoms with E-state index in [9.17, 15) is 8.42 Å². The Morgan fingerprint density at radius 3 is 2.47 bits per heavy atom. The molecule has 0 fully saturated rings. The van der Waals surface area contributed by atoms with Gasteiger partial charge in [-0.05, 0) is 35.7 Å². The Balaban J connectivity index is 2.12. The van der Waals surface area contributed by atoms with Crippen molar-refractivity contribution in [3.63, 3.8) is 0 Å². The number of benzene rings is 1. The Kier molecular flexibility index (Phi) is 4.57. The summed E-state index contributed by atoms with van der Waals surface area (Å²) in [6, 6.07) is 8.64. The van der Waals surface area contributed by atoms with Gasteiger partial charge in [0.15, 0.2) is 0 Å². The fourth-order valence-electron chi connectivity index (χ4n) is 1.59. The van der Waals surface area contributed by atoms with Gasteiger partial charge in [0.05, 0.1) is 10.6 Å². The standard InChI is InChI=1S/C13H16N2O2S2/c1-2-14-9-11-3-5-13(6-4-11)19(16,17)15-12-7-8-18-10-12/h3-8,10,14-15H,2,9H2,1H3. The molecule has 0 atom stereocenters. The summed E-state index contributed by atoms with van der Waals surface area (Å²) in [6.45, 7) is 3.66. The first-order valence-electron chi connectivity index (χ1n) is 5.96. The van der Waals surface area contributed by atoms with E-state index in [0.29, 0.717) is 5.69 Å². The number of sulfonamides is 1. The summed E-state index contributed by atoms with van der Waals surface area (Å²) < 4.78 is 26.7. The molecule has 0 aliphatic carbocycles. The zero-order chi connectivity index (χ0) is 13.7. The molecule has 6 heteroatoms. The third kappa shape index (κ3) is 3.79. The molecule has 102 valence electrons. The molecule has 4 nitrogen and oxygen atoms in total. The van der Waals surface area contributed by atoms with E-state index in [1.54, 1.807) is 23.6 Å². The van der Waals surface area contributed by atoms with Crippen LogP contribution in [0, 0.1) is 0 Å². The van der Waals surface area contributed by atoms with Gasteiger partial charge in [-0.1, -0.05) is 19.1 Å². The molecule has 2 N–H and O–H groups in total. The number of rotatable bonds is 6. The van der Waals surface area contributed by atoms with E-state index in [0.717, 1.165) is 18.7 Å². The van der Waals surface area contributed by atoms with Gasteiger partial charge in [-0.3, -0.25) is 4.72 Å². The fourth-order valence-corrected chi connectivity index (χ4v) is 3.30. The van der Waals surface area contributed by atoms with Crippen LogP contribution in [0.15, 0.2) is 46.0 Å². The maximum Gasteiger partial charge on any atom is 0.261 e. The molecule has 0 radical (unpaired) electrons. The molecule has 0 spiro atoms. The van der Waals surface area contributed by atoms with Crippen molar-refractivity contribution in [1.29, 1.82) is 0 Å².